The van der Waals surface area contributed by atoms with Crippen molar-refractivity contribution < 1.29 is 31.1 Å². The maximum Gasteiger partial charge on any atom is 0.573 e. The highest BCUT2D eigenvalue weighted by Gasteiger charge is 2.46. The molecule has 1 amide bonds. The van der Waals surface area contributed by atoms with Crippen LogP contribution in [-0.4, -0.2) is 43.3 Å². The predicted octanol–water partition coefficient (Wildman–Crippen LogP) is 1.95. The van der Waals surface area contributed by atoms with Crippen molar-refractivity contribution >= 4 is 21.6 Å². The molecule has 1 aromatic rings. The molecule has 1 aliphatic heterocycles. The minimum Gasteiger partial charge on any atom is -0.406 e. The molecule has 10 heteroatoms. The van der Waals surface area contributed by atoms with Crippen LogP contribution in [0.5, 0.6) is 5.75 Å². The van der Waals surface area contributed by atoms with E-state index < -0.39 is 22.3 Å². The van der Waals surface area contributed by atoms with E-state index in [1.807, 2.05) is 0 Å². The third-order valence-corrected chi connectivity index (χ3v) is 6.21. The van der Waals surface area contributed by atoms with E-state index >= 15 is 0 Å². The summed E-state index contributed by atoms with van der Waals surface area (Å²) in [7, 11) is -3.26. The van der Waals surface area contributed by atoms with Crippen molar-refractivity contribution in [2.75, 3.05) is 18.4 Å². The van der Waals surface area contributed by atoms with Crippen LogP contribution in [0.15, 0.2) is 24.3 Å². The molecule has 1 saturated heterocycles. The average Bonchev–Trinajstić information content (AvgIpc) is 3.21. The van der Waals surface area contributed by atoms with E-state index in [0.717, 1.165) is 12.1 Å². The fraction of sp³-hybridized carbons (Fsp3) is 0.500. The van der Waals surface area contributed by atoms with Crippen molar-refractivity contribution in [3.05, 3.63) is 24.3 Å². The summed E-state index contributed by atoms with van der Waals surface area (Å²) >= 11 is 0. The number of hydrogen-bond acceptors (Lipinski definition) is 4. The van der Waals surface area contributed by atoms with Gasteiger partial charge in [-0.05, 0) is 37.1 Å². The molecule has 0 aromatic heterocycles. The van der Waals surface area contributed by atoms with Gasteiger partial charge < -0.3 is 10.1 Å². The summed E-state index contributed by atoms with van der Waals surface area (Å²) in [5, 5.41) is 2.25. The Balaban J connectivity index is 1.51. The van der Waals surface area contributed by atoms with Gasteiger partial charge in [0.05, 0.1) is 11.2 Å². The second-order valence-electron chi connectivity index (χ2n) is 5.82. The average molecular weight is 364 g/mol. The molecule has 1 N–H and O–H groups in total. The monoisotopic (exact) mass is 364 g/mol. The summed E-state index contributed by atoms with van der Waals surface area (Å²) in [6, 6.07) is 4.76. The van der Waals surface area contributed by atoms with Crippen molar-refractivity contribution in [2.45, 2.75) is 24.5 Å². The van der Waals surface area contributed by atoms with Crippen molar-refractivity contribution in [1.82, 2.24) is 4.31 Å². The molecule has 0 radical (unpaired) electrons. The molecule has 0 unspecified atom stereocenters. The third-order valence-electron chi connectivity index (χ3n) is 3.88. The highest BCUT2D eigenvalue weighted by molar-refractivity contribution is 7.90. The number of carbonyl (C=O) groups excluding carboxylic acids is 1. The van der Waals surface area contributed by atoms with Crippen LogP contribution >= 0.6 is 0 Å². The first-order chi connectivity index (χ1) is 11.1. The van der Waals surface area contributed by atoms with Crippen molar-refractivity contribution in [1.29, 1.82) is 0 Å². The molecule has 1 aliphatic carbocycles. The normalized spacial score (nSPS) is 19.6. The third kappa shape index (κ3) is 3.81. The van der Waals surface area contributed by atoms with E-state index in [1.165, 1.54) is 16.4 Å². The van der Waals surface area contributed by atoms with Gasteiger partial charge in [-0.3, -0.25) is 4.79 Å². The van der Waals surface area contributed by atoms with Crippen LogP contribution in [0.4, 0.5) is 18.9 Å². The lowest BCUT2D eigenvalue weighted by molar-refractivity contribution is -0.274. The molecule has 1 aromatic carbocycles. The number of carbonyl (C=O) groups is 1. The van der Waals surface area contributed by atoms with Crippen molar-refractivity contribution in [3.8, 4) is 5.75 Å². The van der Waals surface area contributed by atoms with Gasteiger partial charge in [0.1, 0.15) is 5.75 Å². The number of nitrogens with zero attached hydrogens (tertiary/aromatic N) is 1. The molecule has 132 valence electrons. The topological polar surface area (TPSA) is 75.7 Å². The number of nitrogens with one attached hydrogen (secondary N) is 1. The number of ether oxygens (including phenoxy) is 1. The number of benzene rings is 1. The fourth-order valence-corrected chi connectivity index (χ4v) is 4.30. The second-order valence-corrected chi connectivity index (χ2v) is 8.03. The van der Waals surface area contributed by atoms with Crippen LogP contribution in [0.1, 0.15) is 12.8 Å². The van der Waals surface area contributed by atoms with Crippen molar-refractivity contribution in [2.24, 2.45) is 5.92 Å². The Labute approximate surface area is 136 Å². The zero-order valence-corrected chi connectivity index (χ0v) is 13.2. The van der Waals surface area contributed by atoms with Gasteiger partial charge in [0, 0.05) is 18.8 Å². The Bertz CT molecular complexity index is 723. The molecular formula is C14H15F3N2O4S. The van der Waals surface area contributed by atoms with E-state index in [4.69, 9.17) is 0 Å². The van der Waals surface area contributed by atoms with E-state index in [2.05, 4.69) is 10.1 Å². The standard InChI is InChI=1S/C14H15F3N2O4S/c15-14(16,17)23-11-3-1-10(2-4-11)18-13(20)9-7-19(8-9)24(21,22)12-5-6-12/h1-4,9,12H,5-8H2,(H,18,20). The lowest BCUT2D eigenvalue weighted by Gasteiger charge is -2.37. The maximum absolute atomic E-state index is 12.1. The lowest BCUT2D eigenvalue weighted by atomic mass is 10.0. The molecule has 0 atom stereocenters. The Morgan fingerprint density at radius 2 is 1.75 bits per heavy atom. The molecule has 2 aliphatic rings. The largest absolute Gasteiger partial charge is 0.573 e. The summed E-state index contributed by atoms with van der Waals surface area (Å²) < 4.78 is 65.1. The molecule has 2 fully saturated rings. The number of hydrogen-bond donors (Lipinski definition) is 1. The Morgan fingerprint density at radius 1 is 1.17 bits per heavy atom. The van der Waals surface area contributed by atoms with E-state index in [0.29, 0.717) is 18.5 Å². The van der Waals surface area contributed by atoms with Crippen LogP contribution in [0, 0.1) is 5.92 Å². The van der Waals surface area contributed by atoms with Gasteiger partial charge in [-0.15, -0.1) is 13.2 Å². The Morgan fingerprint density at radius 3 is 2.25 bits per heavy atom. The first kappa shape index (κ1) is 17.0. The van der Waals surface area contributed by atoms with E-state index in [1.54, 1.807) is 0 Å². The zero-order valence-electron chi connectivity index (χ0n) is 12.4. The SMILES string of the molecule is O=C(Nc1ccc(OC(F)(F)F)cc1)C1CN(S(=O)(=O)C2CC2)C1. The second kappa shape index (κ2) is 5.92. The molecule has 6 nitrogen and oxygen atoms in total. The summed E-state index contributed by atoms with van der Waals surface area (Å²) in [5.41, 5.74) is 0.318. The van der Waals surface area contributed by atoms with Gasteiger partial charge in [0.25, 0.3) is 0 Å². The smallest absolute Gasteiger partial charge is 0.406 e. The van der Waals surface area contributed by atoms with Crippen molar-refractivity contribution in [3.63, 3.8) is 0 Å². The molecule has 1 heterocycles. The Kier molecular flexibility index (Phi) is 4.20. The minimum atomic E-state index is -4.77. The number of amides is 1. The van der Waals surface area contributed by atoms with Crippen LogP contribution in [0.3, 0.4) is 0 Å². The molecule has 24 heavy (non-hydrogen) atoms. The maximum atomic E-state index is 12.1. The van der Waals surface area contributed by atoms with E-state index in [-0.39, 0.29) is 30.0 Å². The fourth-order valence-electron chi connectivity index (χ4n) is 2.37. The van der Waals surface area contributed by atoms with Gasteiger partial charge >= 0.3 is 6.36 Å². The first-order valence-corrected chi connectivity index (χ1v) is 8.81. The summed E-state index contributed by atoms with van der Waals surface area (Å²) in [6.07, 6.45) is -3.43. The van der Waals surface area contributed by atoms with Gasteiger partial charge in [-0.2, -0.15) is 4.31 Å². The highest BCUT2D eigenvalue weighted by Crippen LogP contribution is 2.34. The summed E-state index contributed by atoms with van der Waals surface area (Å²) in [5.74, 6) is -1.20. The minimum absolute atomic E-state index is 0.139. The number of alkyl halides is 3. The quantitative estimate of drug-likeness (QED) is 0.867. The number of halogens is 3. The number of rotatable bonds is 5. The molecule has 0 bridgehead atoms. The van der Waals surface area contributed by atoms with Crippen LogP contribution in [0.25, 0.3) is 0 Å². The van der Waals surface area contributed by atoms with E-state index in [9.17, 15) is 26.4 Å². The highest BCUT2D eigenvalue weighted by atomic mass is 32.2. The van der Waals surface area contributed by atoms with Crippen LogP contribution in [0.2, 0.25) is 0 Å². The van der Waals surface area contributed by atoms with Gasteiger partial charge in [-0.25, -0.2) is 8.42 Å². The summed E-state index contributed by atoms with van der Waals surface area (Å²) in [6.45, 7) is 0.278. The molecule has 1 saturated carbocycles. The van der Waals surface area contributed by atoms with Gasteiger partial charge in [0.2, 0.25) is 15.9 Å². The molecule has 3 rings (SSSR count). The molecule has 0 spiro atoms. The van der Waals surface area contributed by atoms with Gasteiger partial charge in [-0.1, -0.05) is 0 Å². The number of anilines is 1. The first-order valence-electron chi connectivity index (χ1n) is 7.31. The van der Waals surface area contributed by atoms with Crippen LogP contribution in [-0.2, 0) is 14.8 Å². The number of sulfonamides is 1. The Hall–Kier alpha value is -1.81. The molecular weight excluding hydrogens is 349 g/mol. The van der Waals surface area contributed by atoms with Crippen LogP contribution < -0.4 is 10.1 Å². The summed E-state index contributed by atoms with van der Waals surface area (Å²) in [4.78, 5) is 12.0. The zero-order chi connectivity index (χ0) is 17.5. The predicted molar refractivity (Wildman–Crippen MR) is 78.8 cm³/mol. The van der Waals surface area contributed by atoms with Gasteiger partial charge in [0.15, 0.2) is 0 Å². The lowest BCUT2D eigenvalue weighted by Crippen LogP contribution is -2.55.